The highest BCUT2D eigenvalue weighted by molar-refractivity contribution is 9.10. The Labute approximate surface area is 121 Å². The van der Waals surface area contributed by atoms with E-state index in [1.807, 2.05) is 0 Å². The summed E-state index contributed by atoms with van der Waals surface area (Å²) in [5.41, 5.74) is 5.74. The summed E-state index contributed by atoms with van der Waals surface area (Å²) in [5.74, 6) is -0.784. The summed E-state index contributed by atoms with van der Waals surface area (Å²) in [5, 5.41) is 29.8. The molecule has 0 spiro atoms. The SMILES string of the molecule is N/C(=N/O)c1cn[nH]c1NC(=O)c1cc(Br)ccc1O. The number of benzene rings is 1. The minimum absolute atomic E-state index is 0.0689. The van der Waals surface area contributed by atoms with Crippen LogP contribution in [0.3, 0.4) is 0 Å². The molecule has 0 saturated carbocycles. The molecule has 8 nitrogen and oxygen atoms in total. The summed E-state index contributed by atoms with van der Waals surface area (Å²) in [6, 6.07) is 4.45. The van der Waals surface area contributed by atoms with Crippen LogP contribution in [0.4, 0.5) is 5.82 Å². The van der Waals surface area contributed by atoms with Gasteiger partial charge < -0.3 is 21.4 Å². The van der Waals surface area contributed by atoms with Gasteiger partial charge in [0.25, 0.3) is 5.91 Å². The molecule has 0 aliphatic rings. The number of nitrogens with zero attached hydrogens (tertiary/aromatic N) is 2. The molecule has 0 fully saturated rings. The van der Waals surface area contributed by atoms with Crippen molar-refractivity contribution in [2.45, 2.75) is 0 Å². The molecule has 9 heteroatoms. The largest absolute Gasteiger partial charge is 0.507 e. The first-order chi connectivity index (χ1) is 9.52. The fourth-order valence-electron chi connectivity index (χ4n) is 1.50. The summed E-state index contributed by atoms with van der Waals surface area (Å²) in [6.07, 6.45) is 1.30. The average molecular weight is 340 g/mol. The van der Waals surface area contributed by atoms with Crippen molar-refractivity contribution in [2.24, 2.45) is 10.9 Å². The van der Waals surface area contributed by atoms with Gasteiger partial charge in [0.1, 0.15) is 11.6 Å². The fourth-order valence-corrected chi connectivity index (χ4v) is 1.86. The van der Waals surface area contributed by atoms with Crippen LogP contribution in [0, 0.1) is 0 Å². The number of anilines is 1. The predicted molar refractivity (Wildman–Crippen MR) is 74.9 cm³/mol. The predicted octanol–water partition coefficient (Wildman–Crippen LogP) is 1.22. The molecule has 0 bridgehead atoms. The molecule has 0 atom stereocenters. The van der Waals surface area contributed by atoms with E-state index >= 15 is 0 Å². The fraction of sp³-hybridized carbons (Fsp3) is 0. The van der Waals surface area contributed by atoms with Gasteiger partial charge in [0, 0.05) is 4.47 Å². The minimum Gasteiger partial charge on any atom is -0.507 e. The standard InChI is InChI=1S/C11H10BrN5O3/c12-5-1-2-8(18)6(3-5)11(19)15-10-7(4-14-16-10)9(13)17-20/h1-4,18,20H,(H2,13,17)(H2,14,15,16,19). The first kappa shape index (κ1) is 13.9. The number of rotatable bonds is 3. The Morgan fingerprint density at radius 3 is 2.90 bits per heavy atom. The zero-order valence-corrected chi connectivity index (χ0v) is 11.5. The van der Waals surface area contributed by atoms with Crippen molar-refractivity contribution in [3.8, 4) is 5.75 Å². The van der Waals surface area contributed by atoms with E-state index in [2.05, 4.69) is 36.6 Å². The van der Waals surface area contributed by atoms with Crippen molar-refractivity contribution in [3.63, 3.8) is 0 Å². The van der Waals surface area contributed by atoms with E-state index in [4.69, 9.17) is 10.9 Å². The second-order valence-electron chi connectivity index (χ2n) is 3.76. The van der Waals surface area contributed by atoms with Gasteiger partial charge in [-0.1, -0.05) is 21.1 Å². The second-order valence-corrected chi connectivity index (χ2v) is 4.68. The Morgan fingerprint density at radius 1 is 1.45 bits per heavy atom. The number of aromatic hydroxyl groups is 1. The monoisotopic (exact) mass is 339 g/mol. The van der Waals surface area contributed by atoms with Gasteiger partial charge in [0.05, 0.1) is 17.3 Å². The van der Waals surface area contributed by atoms with Crippen LogP contribution in [-0.2, 0) is 0 Å². The van der Waals surface area contributed by atoms with Crippen LogP contribution in [0.1, 0.15) is 15.9 Å². The maximum Gasteiger partial charge on any atom is 0.260 e. The number of aromatic amines is 1. The van der Waals surface area contributed by atoms with Gasteiger partial charge in [0.15, 0.2) is 5.84 Å². The van der Waals surface area contributed by atoms with Gasteiger partial charge in [-0.15, -0.1) is 0 Å². The van der Waals surface area contributed by atoms with E-state index in [1.165, 1.54) is 18.3 Å². The normalized spacial score (nSPS) is 11.3. The van der Waals surface area contributed by atoms with Gasteiger partial charge >= 0.3 is 0 Å². The van der Waals surface area contributed by atoms with Crippen LogP contribution in [0.15, 0.2) is 34.0 Å². The van der Waals surface area contributed by atoms with Crippen molar-refractivity contribution in [2.75, 3.05) is 5.32 Å². The van der Waals surface area contributed by atoms with E-state index in [0.29, 0.717) is 4.47 Å². The third-order valence-corrected chi connectivity index (χ3v) is 2.96. The topological polar surface area (TPSA) is 137 Å². The Hall–Kier alpha value is -2.55. The Morgan fingerprint density at radius 2 is 2.20 bits per heavy atom. The van der Waals surface area contributed by atoms with Crippen LogP contribution in [-0.4, -0.2) is 32.3 Å². The third-order valence-electron chi connectivity index (χ3n) is 2.46. The lowest BCUT2D eigenvalue weighted by Crippen LogP contribution is -2.18. The number of carbonyl (C=O) groups excluding carboxylic acids is 1. The smallest absolute Gasteiger partial charge is 0.260 e. The van der Waals surface area contributed by atoms with Crippen LogP contribution in [0.5, 0.6) is 5.75 Å². The minimum atomic E-state index is -0.569. The molecule has 1 heterocycles. The molecule has 1 aromatic carbocycles. The molecule has 0 aliphatic carbocycles. The number of phenols is 1. The van der Waals surface area contributed by atoms with Crippen molar-refractivity contribution < 1.29 is 15.1 Å². The first-order valence-electron chi connectivity index (χ1n) is 5.34. The number of carbonyl (C=O) groups is 1. The highest BCUT2D eigenvalue weighted by atomic mass is 79.9. The average Bonchev–Trinajstić information content (AvgIpc) is 2.88. The van der Waals surface area contributed by atoms with Crippen molar-refractivity contribution in [1.29, 1.82) is 0 Å². The second kappa shape index (κ2) is 5.61. The van der Waals surface area contributed by atoms with Crippen LogP contribution < -0.4 is 11.1 Å². The molecule has 0 unspecified atom stereocenters. The molecule has 0 aliphatic heterocycles. The molecular weight excluding hydrogens is 330 g/mol. The third kappa shape index (κ3) is 2.72. The van der Waals surface area contributed by atoms with Gasteiger partial charge in [-0.05, 0) is 18.2 Å². The number of halogens is 1. The summed E-state index contributed by atoms with van der Waals surface area (Å²) < 4.78 is 0.640. The van der Waals surface area contributed by atoms with Crippen LogP contribution >= 0.6 is 15.9 Å². The number of amides is 1. The number of nitrogens with two attached hydrogens (primary N) is 1. The van der Waals surface area contributed by atoms with E-state index in [1.54, 1.807) is 6.07 Å². The number of aromatic nitrogens is 2. The number of hydrogen-bond acceptors (Lipinski definition) is 5. The van der Waals surface area contributed by atoms with Gasteiger partial charge in [0.2, 0.25) is 0 Å². The number of phenolic OH excluding ortho intramolecular Hbond substituents is 1. The lowest BCUT2D eigenvalue weighted by atomic mass is 10.2. The van der Waals surface area contributed by atoms with Crippen LogP contribution in [0.2, 0.25) is 0 Å². The quantitative estimate of drug-likeness (QED) is 0.248. The number of amidine groups is 1. The Balaban J connectivity index is 2.29. The van der Waals surface area contributed by atoms with Gasteiger partial charge in [-0.2, -0.15) is 5.10 Å². The number of oxime groups is 1. The van der Waals surface area contributed by atoms with E-state index < -0.39 is 5.91 Å². The highest BCUT2D eigenvalue weighted by Crippen LogP contribution is 2.23. The maximum absolute atomic E-state index is 12.1. The van der Waals surface area contributed by atoms with Crippen LogP contribution in [0.25, 0.3) is 0 Å². The number of hydrogen-bond donors (Lipinski definition) is 5. The molecule has 1 amide bonds. The van der Waals surface area contributed by atoms with E-state index in [9.17, 15) is 9.90 Å². The number of H-pyrrole nitrogens is 1. The van der Waals surface area contributed by atoms with Crippen molar-refractivity contribution >= 4 is 33.5 Å². The van der Waals surface area contributed by atoms with E-state index in [0.717, 1.165) is 0 Å². The lowest BCUT2D eigenvalue weighted by Gasteiger charge is -2.07. The Kier molecular flexibility index (Phi) is 3.89. The van der Waals surface area contributed by atoms with Gasteiger partial charge in [-0.3, -0.25) is 9.89 Å². The molecule has 0 radical (unpaired) electrons. The summed E-state index contributed by atoms with van der Waals surface area (Å²) in [4.78, 5) is 12.1. The van der Waals surface area contributed by atoms with Gasteiger partial charge in [-0.25, -0.2) is 0 Å². The molecular formula is C11H10BrN5O3. The summed E-state index contributed by atoms with van der Waals surface area (Å²) >= 11 is 3.21. The molecule has 2 rings (SSSR count). The molecule has 0 saturated heterocycles. The molecule has 2 aromatic rings. The van der Waals surface area contributed by atoms with Crippen molar-refractivity contribution in [1.82, 2.24) is 10.2 Å². The zero-order valence-electron chi connectivity index (χ0n) is 9.96. The molecule has 6 N–H and O–H groups in total. The lowest BCUT2D eigenvalue weighted by molar-refractivity contribution is 0.102. The molecule has 1 aromatic heterocycles. The maximum atomic E-state index is 12.1. The molecule has 104 valence electrons. The summed E-state index contributed by atoms with van der Waals surface area (Å²) in [7, 11) is 0. The first-order valence-corrected chi connectivity index (χ1v) is 6.13. The highest BCUT2D eigenvalue weighted by Gasteiger charge is 2.16. The zero-order chi connectivity index (χ0) is 14.7. The van der Waals surface area contributed by atoms with Crippen molar-refractivity contribution in [3.05, 3.63) is 40.0 Å². The molecule has 20 heavy (non-hydrogen) atoms. The summed E-state index contributed by atoms with van der Waals surface area (Å²) in [6.45, 7) is 0. The Bertz CT molecular complexity index is 682. The number of nitrogens with one attached hydrogen (secondary N) is 2. The van der Waals surface area contributed by atoms with E-state index in [-0.39, 0.29) is 28.5 Å².